The van der Waals surface area contributed by atoms with E-state index >= 15 is 0 Å². The topological polar surface area (TPSA) is 54.9 Å². The number of carbonyl (C=O) groups excluding carboxylic acids is 1. The molecule has 1 aromatic heterocycles. The number of amides is 1. The lowest BCUT2D eigenvalue weighted by Crippen LogP contribution is -2.11. The minimum absolute atomic E-state index is 0.249. The molecule has 23 heavy (non-hydrogen) atoms. The molecule has 3 aromatic rings. The number of carbonyl (C=O) groups is 1. The molecule has 1 heterocycles. The lowest BCUT2D eigenvalue weighted by molar-refractivity contribution is 0.102. The van der Waals surface area contributed by atoms with E-state index in [4.69, 9.17) is 0 Å². The van der Waals surface area contributed by atoms with Crippen LogP contribution in [0.15, 0.2) is 59.8 Å². The molecule has 0 bridgehead atoms. The number of hydrogen-bond acceptors (Lipinski definition) is 5. The summed E-state index contributed by atoms with van der Waals surface area (Å²) in [4.78, 5) is 16.3. The van der Waals surface area contributed by atoms with Gasteiger partial charge >= 0.3 is 0 Å². The summed E-state index contributed by atoms with van der Waals surface area (Å²) in [6, 6.07) is 15.5. The summed E-state index contributed by atoms with van der Waals surface area (Å²) in [5.74, 6) is -0.0937. The molecule has 0 saturated heterocycles. The Morgan fingerprint density at radius 1 is 1.17 bits per heavy atom. The van der Waals surface area contributed by atoms with Crippen molar-refractivity contribution in [2.75, 3.05) is 5.32 Å². The Bertz CT molecular complexity index is 808. The number of anilines is 1. The quantitative estimate of drug-likeness (QED) is 0.704. The Morgan fingerprint density at radius 2 is 2.00 bits per heavy atom. The predicted molar refractivity (Wildman–Crippen MR) is 90.3 cm³/mol. The van der Waals surface area contributed by atoms with E-state index in [1.165, 1.54) is 35.5 Å². The van der Waals surface area contributed by atoms with Crippen molar-refractivity contribution in [2.24, 2.45) is 0 Å². The van der Waals surface area contributed by atoms with Crippen LogP contribution in [0.2, 0.25) is 0 Å². The van der Waals surface area contributed by atoms with Gasteiger partial charge in [0.25, 0.3) is 5.91 Å². The van der Waals surface area contributed by atoms with Crippen LogP contribution in [0.5, 0.6) is 0 Å². The standard InChI is InChI=1S/C16H12FN3OS2/c17-13-8-4-7-12(9-13)14(21)18-15-19-16(20-23-15)22-10-11-5-2-1-3-6-11/h1-9H,10H2,(H,18,19,20,21). The maximum absolute atomic E-state index is 13.1. The number of benzene rings is 2. The highest BCUT2D eigenvalue weighted by Gasteiger charge is 2.11. The SMILES string of the molecule is O=C(Nc1nc(SCc2ccccc2)ns1)c1cccc(F)c1. The molecule has 0 radical (unpaired) electrons. The van der Waals surface area contributed by atoms with Crippen molar-refractivity contribution < 1.29 is 9.18 Å². The van der Waals surface area contributed by atoms with Crippen LogP contribution in [0.25, 0.3) is 0 Å². The van der Waals surface area contributed by atoms with Gasteiger partial charge in [-0.2, -0.15) is 9.36 Å². The molecule has 1 N–H and O–H groups in total. The average molecular weight is 345 g/mol. The largest absolute Gasteiger partial charge is 0.297 e. The minimum atomic E-state index is -0.450. The first kappa shape index (κ1) is 15.6. The van der Waals surface area contributed by atoms with E-state index in [1.54, 1.807) is 6.07 Å². The van der Waals surface area contributed by atoms with Crippen LogP contribution in [0.4, 0.5) is 9.52 Å². The van der Waals surface area contributed by atoms with E-state index in [9.17, 15) is 9.18 Å². The maximum Gasteiger partial charge on any atom is 0.257 e. The van der Waals surface area contributed by atoms with Crippen LogP contribution in [0, 0.1) is 5.82 Å². The first-order valence-electron chi connectivity index (χ1n) is 6.78. The van der Waals surface area contributed by atoms with Crippen LogP contribution in [0.1, 0.15) is 15.9 Å². The molecule has 0 atom stereocenters. The van der Waals surface area contributed by atoms with Crippen molar-refractivity contribution in [1.29, 1.82) is 0 Å². The van der Waals surface area contributed by atoms with Gasteiger partial charge in [0.2, 0.25) is 10.3 Å². The molecule has 4 nitrogen and oxygen atoms in total. The third kappa shape index (κ3) is 4.37. The Morgan fingerprint density at radius 3 is 2.78 bits per heavy atom. The van der Waals surface area contributed by atoms with Gasteiger partial charge in [-0.25, -0.2) is 4.39 Å². The van der Waals surface area contributed by atoms with Gasteiger partial charge < -0.3 is 0 Å². The van der Waals surface area contributed by atoms with Gasteiger partial charge in [0.05, 0.1) is 0 Å². The van der Waals surface area contributed by atoms with Crippen LogP contribution in [0.3, 0.4) is 0 Å². The fourth-order valence-corrected chi connectivity index (χ4v) is 3.34. The zero-order valence-electron chi connectivity index (χ0n) is 11.9. The monoisotopic (exact) mass is 345 g/mol. The van der Waals surface area contributed by atoms with Crippen LogP contribution < -0.4 is 5.32 Å². The third-order valence-corrected chi connectivity index (χ3v) is 4.59. The van der Waals surface area contributed by atoms with Crippen LogP contribution >= 0.6 is 23.3 Å². The summed E-state index contributed by atoms with van der Waals surface area (Å²) in [5.41, 5.74) is 1.43. The van der Waals surface area contributed by atoms with E-state index in [0.717, 1.165) is 17.3 Å². The number of aromatic nitrogens is 2. The molecule has 0 saturated carbocycles. The second kappa shape index (κ2) is 7.34. The second-order valence-corrected chi connectivity index (χ2v) is 6.32. The number of thioether (sulfide) groups is 1. The number of halogens is 1. The minimum Gasteiger partial charge on any atom is -0.297 e. The highest BCUT2D eigenvalue weighted by atomic mass is 32.2. The maximum atomic E-state index is 13.1. The summed E-state index contributed by atoms with van der Waals surface area (Å²) in [6.07, 6.45) is 0. The van der Waals surface area contributed by atoms with Crippen molar-refractivity contribution in [1.82, 2.24) is 9.36 Å². The average Bonchev–Trinajstić information content (AvgIpc) is 3.01. The lowest BCUT2D eigenvalue weighted by Gasteiger charge is -2.00. The van der Waals surface area contributed by atoms with Crippen molar-refractivity contribution in [3.8, 4) is 0 Å². The molecule has 0 aliphatic heterocycles. The molecule has 0 aliphatic rings. The summed E-state index contributed by atoms with van der Waals surface area (Å²) in [6.45, 7) is 0. The van der Waals surface area contributed by atoms with Crippen molar-refractivity contribution in [3.05, 3.63) is 71.5 Å². The highest BCUT2D eigenvalue weighted by molar-refractivity contribution is 7.98. The lowest BCUT2D eigenvalue weighted by atomic mass is 10.2. The number of rotatable bonds is 5. The number of nitrogens with one attached hydrogen (secondary N) is 1. The van der Waals surface area contributed by atoms with Gasteiger partial charge in [-0.3, -0.25) is 10.1 Å². The normalized spacial score (nSPS) is 10.5. The van der Waals surface area contributed by atoms with Gasteiger partial charge in [0.15, 0.2) is 0 Å². The summed E-state index contributed by atoms with van der Waals surface area (Å²) in [7, 11) is 0. The molecule has 0 spiro atoms. The van der Waals surface area contributed by atoms with Gasteiger partial charge in [0, 0.05) is 22.8 Å². The van der Waals surface area contributed by atoms with E-state index < -0.39 is 11.7 Å². The molecule has 0 unspecified atom stereocenters. The van der Waals surface area contributed by atoms with E-state index in [0.29, 0.717) is 10.3 Å². The Labute approximate surface area is 140 Å². The van der Waals surface area contributed by atoms with Gasteiger partial charge in [-0.15, -0.1) is 0 Å². The van der Waals surface area contributed by atoms with E-state index in [1.807, 2.05) is 30.3 Å². The first-order valence-corrected chi connectivity index (χ1v) is 8.54. The number of hydrogen-bond donors (Lipinski definition) is 1. The molecule has 2 aromatic carbocycles. The molecule has 3 rings (SSSR count). The van der Waals surface area contributed by atoms with Crippen LogP contribution in [-0.4, -0.2) is 15.3 Å². The summed E-state index contributed by atoms with van der Waals surface area (Å²) in [5, 5.41) is 3.63. The Kier molecular flexibility index (Phi) is 4.99. The summed E-state index contributed by atoms with van der Waals surface area (Å²) < 4.78 is 17.3. The highest BCUT2D eigenvalue weighted by Crippen LogP contribution is 2.23. The van der Waals surface area contributed by atoms with Crippen LogP contribution in [-0.2, 0) is 5.75 Å². The van der Waals surface area contributed by atoms with Crippen molar-refractivity contribution in [2.45, 2.75) is 10.9 Å². The van der Waals surface area contributed by atoms with Gasteiger partial charge in [-0.1, -0.05) is 48.2 Å². The Hall–Kier alpha value is -2.25. The fraction of sp³-hybridized carbons (Fsp3) is 0.0625. The molecule has 0 fully saturated rings. The van der Waals surface area contributed by atoms with Gasteiger partial charge in [-0.05, 0) is 23.8 Å². The molecule has 0 aliphatic carbocycles. The predicted octanol–water partition coefficient (Wildman–Crippen LogP) is 4.22. The first-order chi connectivity index (χ1) is 11.2. The zero-order chi connectivity index (χ0) is 16.1. The Balaban J connectivity index is 1.60. The second-order valence-electron chi connectivity index (χ2n) is 4.62. The van der Waals surface area contributed by atoms with Crippen molar-refractivity contribution in [3.63, 3.8) is 0 Å². The molecular weight excluding hydrogens is 333 g/mol. The zero-order valence-corrected chi connectivity index (χ0v) is 13.5. The molecular formula is C16H12FN3OS2. The fourth-order valence-electron chi connectivity index (χ4n) is 1.84. The van der Waals surface area contributed by atoms with Gasteiger partial charge in [0.1, 0.15) is 5.82 Å². The third-order valence-electron chi connectivity index (χ3n) is 2.93. The number of nitrogens with zero attached hydrogens (tertiary/aromatic N) is 2. The molecule has 116 valence electrons. The molecule has 7 heteroatoms. The summed E-state index contributed by atoms with van der Waals surface area (Å²) >= 11 is 2.60. The van der Waals surface area contributed by atoms with E-state index in [-0.39, 0.29) is 5.56 Å². The smallest absolute Gasteiger partial charge is 0.257 e. The van der Waals surface area contributed by atoms with Crippen molar-refractivity contribution >= 4 is 34.3 Å². The molecule has 1 amide bonds. The van der Waals surface area contributed by atoms with E-state index in [2.05, 4.69) is 14.7 Å².